The molecule has 0 saturated heterocycles. The van der Waals surface area contributed by atoms with Crippen LogP contribution in [0.1, 0.15) is 0 Å². The number of nitriles is 1. The normalized spacial score (nSPS) is 13.2. The zero-order chi connectivity index (χ0) is 10.6. The van der Waals surface area contributed by atoms with Crippen LogP contribution in [0.5, 0.6) is 0 Å². The first-order valence-corrected chi connectivity index (χ1v) is 6.52. The molecule has 0 aromatic rings. The molecule has 4 nitrogen and oxygen atoms in total. The van der Waals surface area contributed by atoms with Gasteiger partial charge >= 0.3 is 0 Å². The van der Waals surface area contributed by atoms with Gasteiger partial charge in [-0.15, -0.1) is 11.8 Å². The van der Waals surface area contributed by atoms with Crippen molar-refractivity contribution in [1.82, 2.24) is 4.90 Å². The molecule has 74 valence electrons. The molecule has 0 aromatic carbocycles. The molecule has 0 heterocycles. The van der Waals surface area contributed by atoms with Crippen molar-refractivity contribution in [1.29, 1.82) is 5.26 Å². The van der Waals surface area contributed by atoms with Crippen molar-refractivity contribution in [3.63, 3.8) is 0 Å². The maximum atomic E-state index is 11.1. The summed E-state index contributed by atoms with van der Waals surface area (Å²) in [6, 6.07) is 1.70. The van der Waals surface area contributed by atoms with Crippen LogP contribution in [-0.2, 0) is 9.84 Å². The van der Waals surface area contributed by atoms with E-state index in [-0.39, 0.29) is 4.91 Å². The average molecular weight is 220 g/mol. The first kappa shape index (κ1) is 12.3. The highest BCUT2D eigenvalue weighted by molar-refractivity contribution is 8.03. The second-order valence-electron chi connectivity index (χ2n) is 2.62. The number of hydrogen-bond donors (Lipinski definition) is 0. The fourth-order valence-corrected chi connectivity index (χ4v) is 2.73. The predicted octanol–water partition coefficient (Wildman–Crippen LogP) is 0.648. The molecule has 0 atom stereocenters. The topological polar surface area (TPSA) is 61.2 Å². The van der Waals surface area contributed by atoms with Crippen molar-refractivity contribution in [2.75, 3.05) is 26.6 Å². The average Bonchev–Trinajstić information content (AvgIpc) is 1.96. The number of hydrogen-bond acceptors (Lipinski definition) is 5. The van der Waals surface area contributed by atoms with Gasteiger partial charge in [0.2, 0.25) is 0 Å². The summed E-state index contributed by atoms with van der Waals surface area (Å²) in [7, 11) is -0.00984. The van der Waals surface area contributed by atoms with Gasteiger partial charge in [0.1, 0.15) is 6.07 Å². The molecule has 0 saturated carbocycles. The largest absolute Gasteiger partial charge is 0.371 e. The third-order valence-electron chi connectivity index (χ3n) is 1.27. The van der Waals surface area contributed by atoms with Gasteiger partial charge < -0.3 is 4.90 Å². The van der Waals surface area contributed by atoms with Gasteiger partial charge in [0, 0.05) is 20.4 Å². The molecule has 0 unspecified atom stereocenters. The summed E-state index contributed by atoms with van der Waals surface area (Å²) >= 11 is 1.24. The lowest BCUT2D eigenvalue weighted by Crippen LogP contribution is -2.14. The molecule has 13 heavy (non-hydrogen) atoms. The molecule has 0 aliphatic heterocycles. The quantitative estimate of drug-likeness (QED) is 0.653. The highest BCUT2D eigenvalue weighted by Gasteiger charge is 2.17. The number of thioether (sulfide) groups is 1. The zero-order valence-electron chi connectivity index (χ0n) is 8.03. The van der Waals surface area contributed by atoms with Crippen molar-refractivity contribution in [2.24, 2.45) is 0 Å². The second kappa shape index (κ2) is 4.53. The minimum absolute atomic E-state index is 0.176. The fourth-order valence-electron chi connectivity index (χ4n) is 0.768. The summed E-state index contributed by atoms with van der Waals surface area (Å²) in [6.45, 7) is 0. The molecule has 0 rings (SSSR count). The number of sulfone groups is 1. The van der Waals surface area contributed by atoms with E-state index in [0.717, 1.165) is 6.26 Å². The molecule has 0 aliphatic rings. The van der Waals surface area contributed by atoms with Gasteiger partial charge in [-0.3, -0.25) is 0 Å². The van der Waals surface area contributed by atoms with Crippen LogP contribution in [0.2, 0.25) is 0 Å². The van der Waals surface area contributed by atoms with E-state index < -0.39 is 9.84 Å². The number of nitrogens with zero attached hydrogens (tertiary/aromatic N) is 2. The molecule has 6 heteroatoms. The third kappa shape index (κ3) is 3.28. The Bertz CT molecular complexity index is 349. The lowest BCUT2D eigenvalue weighted by Gasteiger charge is -2.15. The van der Waals surface area contributed by atoms with Crippen LogP contribution in [-0.4, -0.2) is 39.9 Å². The molecule has 0 spiro atoms. The Hall–Kier alpha value is -0.670. The van der Waals surface area contributed by atoms with E-state index in [2.05, 4.69) is 0 Å². The van der Waals surface area contributed by atoms with Gasteiger partial charge in [-0.2, -0.15) is 5.26 Å². The van der Waals surface area contributed by atoms with Crippen LogP contribution < -0.4 is 0 Å². The highest BCUT2D eigenvalue weighted by Crippen LogP contribution is 2.21. The van der Waals surface area contributed by atoms with Crippen molar-refractivity contribution >= 4 is 21.6 Å². The van der Waals surface area contributed by atoms with E-state index in [9.17, 15) is 8.42 Å². The summed E-state index contributed by atoms with van der Waals surface area (Å²) in [4.78, 5) is 1.44. The van der Waals surface area contributed by atoms with Crippen molar-refractivity contribution in [3.05, 3.63) is 9.93 Å². The Kier molecular flexibility index (Phi) is 4.30. The van der Waals surface area contributed by atoms with E-state index in [1.165, 1.54) is 11.8 Å². The molecule has 0 bridgehead atoms. The van der Waals surface area contributed by atoms with Crippen LogP contribution in [0, 0.1) is 11.3 Å². The van der Waals surface area contributed by atoms with Crippen LogP contribution in [0.15, 0.2) is 9.93 Å². The third-order valence-corrected chi connectivity index (χ3v) is 3.38. The summed E-state index contributed by atoms with van der Waals surface area (Å²) in [5.74, 6) is 0. The summed E-state index contributed by atoms with van der Waals surface area (Å²) in [5, 5.41) is 9.15. The second-order valence-corrected chi connectivity index (χ2v) is 5.36. The minimum Gasteiger partial charge on any atom is -0.371 e. The lowest BCUT2D eigenvalue weighted by molar-refractivity contribution is 0.546. The van der Waals surface area contributed by atoms with Crippen LogP contribution in [0.3, 0.4) is 0 Å². The Morgan fingerprint density at radius 3 is 2.00 bits per heavy atom. The minimum atomic E-state index is -3.42. The Labute approximate surface area is 83.1 Å². The molecule has 0 amide bonds. The van der Waals surface area contributed by atoms with Crippen molar-refractivity contribution in [2.45, 2.75) is 0 Å². The van der Waals surface area contributed by atoms with Gasteiger partial charge in [-0.1, -0.05) is 0 Å². The molecular formula is C7H12N2O2S2. The summed E-state index contributed by atoms with van der Waals surface area (Å²) in [5.41, 5.74) is 0. The first-order chi connectivity index (χ1) is 5.84. The summed E-state index contributed by atoms with van der Waals surface area (Å²) < 4.78 is 22.3. The first-order valence-electron chi connectivity index (χ1n) is 3.40. The molecular weight excluding hydrogens is 208 g/mol. The Morgan fingerprint density at radius 2 is 1.92 bits per heavy atom. The van der Waals surface area contributed by atoms with Gasteiger partial charge in [-0.25, -0.2) is 8.42 Å². The van der Waals surface area contributed by atoms with E-state index >= 15 is 0 Å². The van der Waals surface area contributed by atoms with E-state index in [4.69, 9.17) is 5.26 Å². The van der Waals surface area contributed by atoms with Gasteiger partial charge in [0.25, 0.3) is 0 Å². The highest BCUT2D eigenvalue weighted by atomic mass is 32.2. The lowest BCUT2D eigenvalue weighted by atomic mass is 10.6. The molecule has 0 N–H and O–H groups in total. The Balaban J connectivity index is 5.51. The van der Waals surface area contributed by atoms with Crippen molar-refractivity contribution in [3.8, 4) is 6.07 Å². The number of rotatable bonds is 3. The fraction of sp³-hybridized carbons (Fsp3) is 0.571. The predicted molar refractivity (Wildman–Crippen MR) is 54.7 cm³/mol. The Morgan fingerprint density at radius 1 is 1.46 bits per heavy atom. The van der Waals surface area contributed by atoms with Crippen LogP contribution in [0.25, 0.3) is 0 Å². The van der Waals surface area contributed by atoms with Crippen molar-refractivity contribution < 1.29 is 8.42 Å². The SMILES string of the molecule is CS/C(=C(\C#N)S(C)(=O)=O)N(C)C. The van der Waals surface area contributed by atoms with E-state index in [0.29, 0.717) is 5.03 Å². The standard InChI is InChI=1S/C7H12N2O2S2/c1-9(2)7(12-3)6(5-8)13(4,10)11/h1-4H3/b7-6+. The van der Waals surface area contributed by atoms with Gasteiger partial charge in [0.15, 0.2) is 14.7 Å². The molecule has 0 aromatic heterocycles. The maximum Gasteiger partial charge on any atom is 0.188 e. The molecule has 0 fully saturated rings. The summed E-state index contributed by atoms with van der Waals surface area (Å²) in [6.07, 6.45) is 2.77. The van der Waals surface area contributed by atoms with E-state index in [1.54, 1.807) is 31.3 Å². The van der Waals surface area contributed by atoms with E-state index in [1.807, 2.05) is 0 Å². The smallest absolute Gasteiger partial charge is 0.188 e. The molecule has 0 radical (unpaired) electrons. The maximum absolute atomic E-state index is 11.1. The monoisotopic (exact) mass is 220 g/mol. The zero-order valence-corrected chi connectivity index (χ0v) is 9.66. The van der Waals surface area contributed by atoms with Gasteiger partial charge in [0.05, 0.1) is 5.03 Å². The number of allylic oxidation sites excluding steroid dienone is 1. The van der Waals surface area contributed by atoms with Crippen LogP contribution >= 0.6 is 11.8 Å². The van der Waals surface area contributed by atoms with Crippen LogP contribution in [0.4, 0.5) is 0 Å². The molecule has 0 aliphatic carbocycles. The van der Waals surface area contributed by atoms with Gasteiger partial charge in [-0.05, 0) is 6.26 Å².